The molecule has 1 aromatic rings. The molecule has 0 radical (unpaired) electrons. The Morgan fingerprint density at radius 2 is 1.71 bits per heavy atom. The Kier molecular flexibility index (Phi) is 7.17. The van der Waals surface area contributed by atoms with E-state index in [0.717, 1.165) is 6.54 Å². The summed E-state index contributed by atoms with van der Waals surface area (Å²) in [5.74, 6) is 0.707. The molecular formula is C20H35N. The van der Waals surface area contributed by atoms with E-state index in [0.29, 0.717) is 11.3 Å². The van der Waals surface area contributed by atoms with Crippen molar-refractivity contribution in [3.8, 4) is 0 Å². The van der Waals surface area contributed by atoms with E-state index in [1.807, 2.05) is 27.7 Å². The molecule has 1 unspecified atom stereocenters. The maximum atomic E-state index is 3.58. The second kappa shape index (κ2) is 8.38. The molecule has 2 atom stereocenters. The van der Waals surface area contributed by atoms with Gasteiger partial charge in [0.25, 0.3) is 0 Å². The highest BCUT2D eigenvalue weighted by molar-refractivity contribution is 5.69. The molecule has 1 aliphatic heterocycles. The smallest absolute Gasteiger partial charge is 0.00323 e. The van der Waals surface area contributed by atoms with Crippen molar-refractivity contribution in [2.24, 2.45) is 11.3 Å². The van der Waals surface area contributed by atoms with E-state index in [1.54, 1.807) is 5.57 Å². The summed E-state index contributed by atoms with van der Waals surface area (Å²) in [6.07, 6.45) is 5.03. The van der Waals surface area contributed by atoms with E-state index in [9.17, 15) is 0 Å². The Morgan fingerprint density at radius 3 is 2.33 bits per heavy atom. The quantitative estimate of drug-likeness (QED) is 0.699. The lowest BCUT2D eigenvalue weighted by Gasteiger charge is -2.36. The maximum absolute atomic E-state index is 3.58. The fourth-order valence-corrected chi connectivity index (χ4v) is 3.38. The van der Waals surface area contributed by atoms with Crippen LogP contribution in [0.3, 0.4) is 0 Å². The highest BCUT2D eigenvalue weighted by Gasteiger charge is 2.42. The minimum atomic E-state index is 0. The second-order valence-corrected chi connectivity index (χ2v) is 5.90. The molecule has 1 nitrogen and oxygen atoms in total. The molecule has 3 rings (SSSR count). The van der Waals surface area contributed by atoms with E-state index in [2.05, 4.69) is 49.5 Å². The number of allylic oxidation sites excluding steroid dienone is 1. The monoisotopic (exact) mass is 289 g/mol. The summed E-state index contributed by atoms with van der Waals surface area (Å²) < 4.78 is 0. The summed E-state index contributed by atoms with van der Waals surface area (Å²) in [7, 11) is 0. The van der Waals surface area contributed by atoms with Crippen LogP contribution in [0.15, 0.2) is 30.3 Å². The lowest BCUT2D eigenvalue weighted by molar-refractivity contribution is 0.274. The van der Waals surface area contributed by atoms with Crippen LogP contribution in [0, 0.1) is 18.3 Å². The van der Waals surface area contributed by atoms with E-state index in [-0.39, 0.29) is 1.43 Å². The van der Waals surface area contributed by atoms with E-state index < -0.39 is 0 Å². The number of hydrogen-bond donors (Lipinski definition) is 1. The Labute approximate surface area is 133 Å². The van der Waals surface area contributed by atoms with Gasteiger partial charge in [-0.15, -0.1) is 0 Å². The molecule has 0 saturated carbocycles. The summed E-state index contributed by atoms with van der Waals surface area (Å²) in [6.45, 7) is 14.9. The molecule has 1 N–H and O–H groups in total. The van der Waals surface area contributed by atoms with Gasteiger partial charge in [0.15, 0.2) is 0 Å². The third kappa shape index (κ3) is 3.97. The van der Waals surface area contributed by atoms with Gasteiger partial charge in [-0.1, -0.05) is 70.5 Å². The summed E-state index contributed by atoms with van der Waals surface area (Å²) in [6, 6.07) is 9.02. The van der Waals surface area contributed by atoms with Crippen LogP contribution in [0.4, 0.5) is 0 Å². The van der Waals surface area contributed by atoms with Crippen molar-refractivity contribution in [2.75, 3.05) is 13.1 Å². The summed E-state index contributed by atoms with van der Waals surface area (Å²) in [5.41, 5.74) is 4.83. The van der Waals surface area contributed by atoms with Gasteiger partial charge in [-0.2, -0.15) is 0 Å². The topological polar surface area (TPSA) is 12.0 Å². The van der Waals surface area contributed by atoms with Crippen LogP contribution in [0.1, 0.15) is 60.0 Å². The van der Waals surface area contributed by atoms with Crippen LogP contribution in [-0.2, 0) is 0 Å². The molecule has 1 aliphatic carbocycles. The molecular weight excluding hydrogens is 254 g/mol. The highest BCUT2D eigenvalue weighted by Crippen LogP contribution is 2.47. The fraction of sp³-hybridized carbons (Fsp3) is 0.600. The van der Waals surface area contributed by atoms with Crippen molar-refractivity contribution < 1.29 is 1.43 Å². The van der Waals surface area contributed by atoms with Crippen molar-refractivity contribution in [3.05, 3.63) is 41.5 Å². The van der Waals surface area contributed by atoms with Crippen LogP contribution in [-0.4, -0.2) is 13.1 Å². The molecule has 1 heterocycles. The fourth-order valence-electron chi connectivity index (χ4n) is 3.38. The Bertz CT molecular complexity index is 449. The molecule has 0 aromatic heterocycles. The van der Waals surface area contributed by atoms with Crippen molar-refractivity contribution in [1.29, 1.82) is 0 Å². The van der Waals surface area contributed by atoms with Gasteiger partial charge in [0.2, 0.25) is 0 Å². The summed E-state index contributed by atoms with van der Waals surface area (Å²) in [4.78, 5) is 0. The van der Waals surface area contributed by atoms with Crippen molar-refractivity contribution in [1.82, 2.24) is 5.32 Å². The average molecular weight is 290 g/mol. The number of rotatable bonds is 1. The second-order valence-electron chi connectivity index (χ2n) is 5.90. The van der Waals surface area contributed by atoms with Gasteiger partial charge in [-0.3, -0.25) is 0 Å². The predicted octanol–water partition coefficient (Wildman–Crippen LogP) is 5.70. The molecule has 0 spiro atoms. The first-order chi connectivity index (χ1) is 10.2. The van der Waals surface area contributed by atoms with Crippen molar-refractivity contribution in [3.63, 3.8) is 0 Å². The normalized spacial score (nSPS) is 26.6. The minimum absolute atomic E-state index is 0. The molecule has 0 bridgehead atoms. The third-order valence-corrected chi connectivity index (χ3v) is 4.56. The first-order valence-electron chi connectivity index (χ1n) is 8.67. The average Bonchev–Trinajstić information content (AvgIpc) is 2.93. The minimum Gasteiger partial charge on any atom is -0.316 e. The third-order valence-electron chi connectivity index (χ3n) is 4.56. The van der Waals surface area contributed by atoms with Crippen LogP contribution >= 0.6 is 0 Å². The number of hydrogen-bond acceptors (Lipinski definition) is 1. The van der Waals surface area contributed by atoms with Gasteiger partial charge in [-0.05, 0) is 36.3 Å². The number of benzene rings is 1. The Hall–Kier alpha value is -1.08. The van der Waals surface area contributed by atoms with Crippen LogP contribution < -0.4 is 5.32 Å². The number of aryl methyl sites for hydroxylation is 1. The van der Waals surface area contributed by atoms with Crippen LogP contribution in [0.5, 0.6) is 0 Å². The van der Waals surface area contributed by atoms with Crippen LogP contribution in [0.25, 0.3) is 5.57 Å². The van der Waals surface area contributed by atoms with Gasteiger partial charge in [0.05, 0.1) is 0 Å². The molecule has 0 amide bonds. The summed E-state index contributed by atoms with van der Waals surface area (Å²) >= 11 is 0. The molecule has 1 aromatic carbocycles. The molecule has 1 fully saturated rings. The first kappa shape index (κ1) is 18.0. The first-order valence-corrected chi connectivity index (χ1v) is 8.67. The predicted molar refractivity (Wildman–Crippen MR) is 97.7 cm³/mol. The SMILES string of the molecule is CC.CC.Cc1ccc(C2=CCCC3(C)CNC[C@@H]23)cc1.[HH]. The Balaban J connectivity index is 0.000000819. The Morgan fingerprint density at radius 1 is 1.10 bits per heavy atom. The van der Waals surface area contributed by atoms with Gasteiger partial charge in [-0.25, -0.2) is 0 Å². The maximum Gasteiger partial charge on any atom is 0.00323 e. The standard InChI is InChI=1S/C16H21N.2C2H6.H2/c1-12-5-7-13(8-6-12)14-4-3-9-16(2)11-17-10-15(14)16;2*1-2;/h4-8,15,17H,3,9-11H2,1-2H3;2*1-2H3;1H/t15-,16?;;;/m0.../s1. The van der Waals surface area contributed by atoms with Gasteiger partial charge < -0.3 is 5.32 Å². The van der Waals surface area contributed by atoms with Crippen LogP contribution in [0.2, 0.25) is 0 Å². The number of fused-ring (bicyclic) bond motifs is 1. The molecule has 1 saturated heterocycles. The zero-order chi connectivity index (χ0) is 15.9. The van der Waals surface area contributed by atoms with E-state index in [4.69, 9.17) is 0 Å². The van der Waals surface area contributed by atoms with Crippen molar-refractivity contribution in [2.45, 2.75) is 54.4 Å². The lowest BCUT2D eigenvalue weighted by atomic mass is 9.68. The lowest BCUT2D eigenvalue weighted by Crippen LogP contribution is -2.29. The zero-order valence-electron chi connectivity index (χ0n) is 14.8. The van der Waals surface area contributed by atoms with Gasteiger partial charge in [0, 0.05) is 20.4 Å². The molecule has 2 aliphatic rings. The van der Waals surface area contributed by atoms with Gasteiger partial charge in [0.1, 0.15) is 0 Å². The summed E-state index contributed by atoms with van der Waals surface area (Å²) in [5, 5.41) is 3.58. The van der Waals surface area contributed by atoms with E-state index in [1.165, 1.54) is 30.5 Å². The zero-order valence-corrected chi connectivity index (χ0v) is 14.8. The largest absolute Gasteiger partial charge is 0.316 e. The van der Waals surface area contributed by atoms with E-state index >= 15 is 0 Å². The highest BCUT2D eigenvalue weighted by atomic mass is 14.9. The molecule has 1 heteroatoms. The number of nitrogens with one attached hydrogen (secondary N) is 1. The molecule has 120 valence electrons. The van der Waals surface area contributed by atoms with Gasteiger partial charge >= 0.3 is 0 Å². The molecule has 21 heavy (non-hydrogen) atoms. The van der Waals surface area contributed by atoms with Crippen molar-refractivity contribution >= 4 is 5.57 Å².